The molecule has 0 unspecified atom stereocenters. The van der Waals surface area contributed by atoms with Crippen LogP contribution in [0.4, 0.5) is 0 Å². The van der Waals surface area contributed by atoms with Gasteiger partial charge in [-0.1, -0.05) is 68.1 Å². The van der Waals surface area contributed by atoms with E-state index in [9.17, 15) is 4.79 Å². The highest BCUT2D eigenvalue weighted by atomic mass is 16.1. The van der Waals surface area contributed by atoms with Gasteiger partial charge in [-0.25, -0.2) is 0 Å². The van der Waals surface area contributed by atoms with Crippen LogP contribution >= 0.6 is 0 Å². The quantitative estimate of drug-likeness (QED) is 0.413. The fraction of sp³-hybridized carbons (Fsp3) is 0.500. The molecule has 0 aliphatic rings. The Morgan fingerprint density at radius 3 is 2.16 bits per heavy atom. The van der Waals surface area contributed by atoms with E-state index < -0.39 is 0 Å². The largest absolute Gasteiger partial charge is 0.341 e. The molecule has 2 rings (SSSR count). The Labute approximate surface area is 152 Å². The van der Waals surface area contributed by atoms with Crippen LogP contribution in [0.25, 0.3) is 10.8 Å². The molecule has 3 nitrogen and oxygen atoms in total. The minimum atomic E-state index is 0.702. The van der Waals surface area contributed by atoms with E-state index in [0.29, 0.717) is 6.54 Å². The molecule has 2 aromatic rings. The highest BCUT2D eigenvalue weighted by Gasteiger charge is 2.06. The highest BCUT2D eigenvalue weighted by molar-refractivity contribution is 5.85. The van der Waals surface area contributed by atoms with E-state index in [-0.39, 0.29) is 0 Å². The highest BCUT2D eigenvalue weighted by Crippen LogP contribution is 2.20. The van der Waals surface area contributed by atoms with Gasteiger partial charge in [0.15, 0.2) is 0 Å². The molecule has 0 N–H and O–H groups in total. The van der Waals surface area contributed by atoms with E-state index in [4.69, 9.17) is 0 Å². The van der Waals surface area contributed by atoms with Gasteiger partial charge in [0.05, 0.1) is 0 Å². The number of carbonyl (C=O) groups is 1. The topological polar surface area (TPSA) is 23.6 Å². The molecule has 25 heavy (non-hydrogen) atoms. The van der Waals surface area contributed by atoms with Crippen molar-refractivity contribution in [1.82, 2.24) is 9.80 Å². The maximum atomic E-state index is 11.4. The second-order valence-electron chi connectivity index (χ2n) is 7.14. The van der Waals surface area contributed by atoms with E-state index in [0.717, 1.165) is 19.4 Å². The van der Waals surface area contributed by atoms with Crippen molar-refractivity contribution in [2.75, 3.05) is 27.2 Å². The van der Waals surface area contributed by atoms with Gasteiger partial charge in [0.1, 0.15) is 0 Å². The molecule has 1 amide bonds. The molecule has 0 spiro atoms. The summed E-state index contributed by atoms with van der Waals surface area (Å²) in [5, 5.41) is 2.49. The molecule has 0 aliphatic heterocycles. The normalized spacial score (nSPS) is 11.2. The first-order chi connectivity index (χ1) is 12.2. The fourth-order valence-electron chi connectivity index (χ4n) is 3.27. The Hall–Kier alpha value is -1.87. The van der Waals surface area contributed by atoms with Crippen molar-refractivity contribution in [3.8, 4) is 0 Å². The lowest BCUT2D eigenvalue weighted by atomic mass is 10.0. The van der Waals surface area contributed by atoms with Crippen molar-refractivity contribution >= 4 is 17.2 Å². The molecule has 0 saturated heterocycles. The molecule has 0 aromatic heterocycles. The van der Waals surface area contributed by atoms with Gasteiger partial charge in [-0.2, -0.15) is 0 Å². The maximum absolute atomic E-state index is 11.4. The third-order valence-corrected chi connectivity index (χ3v) is 4.70. The van der Waals surface area contributed by atoms with Crippen molar-refractivity contribution < 1.29 is 4.79 Å². The molecule has 0 aliphatic carbocycles. The van der Waals surface area contributed by atoms with E-state index in [2.05, 4.69) is 61.5 Å². The molecule has 0 fully saturated rings. The Morgan fingerprint density at radius 1 is 0.800 bits per heavy atom. The number of nitrogens with zero attached hydrogens (tertiary/aromatic N) is 2. The number of amides is 1. The van der Waals surface area contributed by atoms with Crippen molar-refractivity contribution in [3.05, 3.63) is 48.0 Å². The van der Waals surface area contributed by atoms with Crippen LogP contribution in [0, 0.1) is 0 Å². The van der Waals surface area contributed by atoms with Gasteiger partial charge in [0.2, 0.25) is 6.41 Å². The van der Waals surface area contributed by atoms with Gasteiger partial charge in [-0.15, -0.1) is 0 Å². The number of carbonyl (C=O) groups excluding carboxylic acids is 1. The van der Waals surface area contributed by atoms with Crippen LogP contribution in [-0.4, -0.2) is 43.4 Å². The first-order valence-electron chi connectivity index (χ1n) is 9.51. The van der Waals surface area contributed by atoms with E-state index in [1.165, 1.54) is 55.0 Å². The summed E-state index contributed by atoms with van der Waals surface area (Å²) >= 11 is 0. The third kappa shape index (κ3) is 6.87. The molecule has 0 heterocycles. The molecule has 0 atom stereocenters. The molecular weight excluding hydrogens is 308 g/mol. The van der Waals surface area contributed by atoms with Crippen LogP contribution in [-0.2, 0) is 11.3 Å². The van der Waals surface area contributed by atoms with Gasteiger partial charge in [0.25, 0.3) is 0 Å². The summed E-state index contributed by atoms with van der Waals surface area (Å²) in [6.07, 6.45) is 8.48. The second kappa shape index (κ2) is 10.9. The minimum Gasteiger partial charge on any atom is -0.341 e. The van der Waals surface area contributed by atoms with Crippen molar-refractivity contribution in [1.29, 1.82) is 0 Å². The average molecular weight is 341 g/mol. The predicted octanol–water partition coefficient (Wildman–Crippen LogP) is 4.70. The number of benzene rings is 2. The van der Waals surface area contributed by atoms with Crippen LogP contribution in [0.1, 0.15) is 44.1 Å². The SMILES string of the molecule is CN(C)CCCCCCCCN(C=O)Cc1cccc2ccccc12. The van der Waals surface area contributed by atoms with Crippen LogP contribution in [0.2, 0.25) is 0 Å². The molecule has 0 saturated carbocycles. The fourth-order valence-corrected chi connectivity index (χ4v) is 3.27. The molecule has 3 heteroatoms. The number of hydrogen-bond acceptors (Lipinski definition) is 2. The Kier molecular flexibility index (Phi) is 8.47. The molecule has 0 bridgehead atoms. The van der Waals surface area contributed by atoms with Crippen LogP contribution in [0.5, 0.6) is 0 Å². The van der Waals surface area contributed by atoms with Gasteiger partial charge < -0.3 is 9.80 Å². The molecular formula is C22H32N2O. The lowest BCUT2D eigenvalue weighted by Crippen LogP contribution is -2.22. The summed E-state index contributed by atoms with van der Waals surface area (Å²) in [6, 6.07) is 14.7. The maximum Gasteiger partial charge on any atom is 0.210 e. The summed E-state index contributed by atoms with van der Waals surface area (Å²) in [5.41, 5.74) is 1.23. The van der Waals surface area contributed by atoms with Crippen molar-refractivity contribution in [2.24, 2.45) is 0 Å². The van der Waals surface area contributed by atoms with Gasteiger partial charge in [-0.3, -0.25) is 4.79 Å². The third-order valence-electron chi connectivity index (χ3n) is 4.70. The molecule has 0 radical (unpaired) electrons. The smallest absolute Gasteiger partial charge is 0.210 e. The first-order valence-corrected chi connectivity index (χ1v) is 9.51. The monoisotopic (exact) mass is 340 g/mol. The van der Waals surface area contributed by atoms with Crippen molar-refractivity contribution in [2.45, 2.75) is 45.1 Å². The summed E-state index contributed by atoms with van der Waals surface area (Å²) in [5.74, 6) is 0. The van der Waals surface area contributed by atoms with Crippen LogP contribution in [0.3, 0.4) is 0 Å². The zero-order valence-corrected chi connectivity index (χ0v) is 15.8. The van der Waals surface area contributed by atoms with Gasteiger partial charge in [-0.05, 0) is 49.8 Å². The number of fused-ring (bicyclic) bond motifs is 1. The lowest BCUT2D eigenvalue weighted by molar-refractivity contribution is -0.118. The Bertz CT molecular complexity index is 633. The summed E-state index contributed by atoms with van der Waals surface area (Å²) in [6.45, 7) is 2.74. The van der Waals surface area contributed by atoms with Gasteiger partial charge in [0, 0.05) is 13.1 Å². The molecule has 2 aromatic carbocycles. The molecule has 136 valence electrons. The van der Waals surface area contributed by atoms with Crippen molar-refractivity contribution in [3.63, 3.8) is 0 Å². The number of unbranched alkanes of at least 4 members (excludes halogenated alkanes) is 5. The zero-order valence-electron chi connectivity index (χ0n) is 15.8. The Morgan fingerprint density at radius 2 is 1.44 bits per heavy atom. The first kappa shape index (κ1) is 19.5. The summed E-state index contributed by atoms with van der Waals surface area (Å²) in [4.78, 5) is 15.6. The standard InChI is InChI=1S/C22H32N2O/c1-23(2)16-9-5-3-4-6-10-17-24(19-25)18-21-14-11-13-20-12-7-8-15-22(20)21/h7-8,11-15,19H,3-6,9-10,16-18H2,1-2H3. The van der Waals surface area contributed by atoms with E-state index in [1.807, 2.05) is 4.90 Å². The summed E-state index contributed by atoms with van der Waals surface area (Å²) in [7, 11) is 4.26. The minimum absolute atomic E-state index is 0.702. The number of hydrogen-bond donors (Lipinski definition) is 0. The average Bonchev–Trinajstić information content (AvgIpc) is 2.62. The zero-order chi connectivity index (χ0) is 17.9. The van der Waals surface area contributed by atoms with Gasteiger partial charge >= 0.3 is 0 Å². The second-order valence-corrected chi connectivity index (χ2v) is 7.14. The number of rotatable bonds is 12. The predicted molar refractivity (Wildman–Crippen MR) is 107 cm³/mol. The van der Waals surface area contributed by atoms with E-state index >= 15 is 0 Å². The van der Waals surface area contributed by atoms with Crippen LogP contribution < -0.4 is 0 Å². The lowest BCUT2D eigenvalue weighted by Gasteiger charge is -2.18. The van der Waals surface area contributed by atoms with Crippen LogP contribution in [0.15, 0.2) is 42.5 Å². The summed E-state index contributed by atoms with van der Waals surface area (Å²) < 4.78 is 0. The Balaban J connectivity index is 1.71. The van der Waals surface area contributed by atoms with E-state index in [1.54, 1.807) is 0 Å².